The zero-order chi connectivity index (χ0) is 12.9. The van der Waals surface area contributed by atoms with Crippen LogP contribution >= 0.6 is 11.8 Å². The number of nitrogens with zero attached hydrogens (tertiary/aromatic N) is 1. The van der Waals surface area contributed by atoms with E-state index in [1.165, 1.54) is 0 Å². The number of carbonyl (C=O) groups excluding carboxylic acids is 1. The van der Waals surface area contributed by atoms with Crippen molar-refractivity contribution in [3.05, 3.63) is 0 Å². The van der Waals surface area contributed by atoms with Crippen LogP contribution in [0.15, 0.2) is 0 Å². The summed E-state index contributed by atoms with van der Waals surface area (Å²) in [6, 6.07) is 0. The van der Waals surface area contributed by atoms with Crippen molar-refractivity contribution < 1.29 is 9.53 Å². The summed E-state index contributed by atoms with van der Waals surface area (Å²) in [6.45, 7) is 8.41. The van der Waals surface area contributed by atoms with Crippen molar-refractivity contribution in [3.8, 4) is 0 Å². The van der Waals surface area contributed by atoms with E-state index in [1.54, 1.807) is 0 Å². The third-order valence-electron chi connectivity index (χ3n) is 2.98. The van der Waals surface area contributed by atoms with E-state index in [2.05, 4.69) is 6.26 Å². The smallest absolute Gasteiger partial charge is 0.224 e. The first-order valence-electron chi connectivity index (χ1n) is 6.37. The van der Waals surface area contributed by atoms with E-state index in [0.29, 0.717) is 13.0 Å². The van der Waals surface area contributed by atoms with E-state index < -0.39 is 0 Å². The minimum Gasteiger partial charge on any atom is -0.375 e. The van der Waals surface area contributed by atoms with Crippen molar-refractivity contribution in [2.24, 2.45) is 0 Å². The molecule has 1 rings (SSSR count). The molecule has 3 nitrogen and oxygen atoms in total. The number of likely N-dealkylation sites (tertiary alicyclic amines) is 1. The van der Waals surface area contributed by atoms with Crippen LogP contribution in [0.25, 0.3) is 0 Å². The number of hydrogen-bond acceptors (Lipinski definition) is 3. The Kier molecular flexibility index (Phi) is 5.80. The fourth-order valence-corrected chi connectivity index (χ4v) is 2.63. The van der Waals surface area contributed by atoms with Crippen molar-refractivity contribution in [1.29, 1.82) is 0 Å². The van der Waals surface area contributed by atoms with Crippen LogP contribution < -0.4 is 0 Å². The van der Waals surface area contributed by atoms with E-state index in [4.69, 9.17) is 4.74 Å². The molecule has 0 N–H and O–H groups in total. The summed E-state index contributed by atoms with van der Waals surface area (Å²) in [5, 5.41) is 0.741. The Bertz CT molecular complexity index is 242. The van der Waals surface area contributed by atoms with E-state index in [0.717, 1.165) is 31.2 Å². The topological polar surface area (TPSA) is 29.5 Å². The first-order chi connectivity index (χ1) is 7.92. The molecule has 0 bridgehead atoms. The van der Waals surface area contributed by atoms with Gasteiger partial charge in [-0.15, -0.1) is 0 Å². The summed E-state index contributed by atoms with van der Waals surface area (Å²) >= 11 is 1.92. The zero-order valence-corrected chi connectivity index (χ0v) is 12.3. The van der Waals surface area contributed by atoms with E-state index >= 15 is 0 Å². The van der Waals surface area contributed by atoms with Gasteiger partial charge in [0.05, 0.1) is 18.6 Å². The molecule has 0 aromatic rings. The van der Waals surface area contributed by atoms with Gasteiger partial charge in [-0.2, -0.15) is 11.8 Å². The molecule has 1 aliphatic heterocycles. The van der Waals surface area contributed by atoms with Gasteiger partial charge in [0.15, 0.2) is 0 Å². The monoisotopic (exact) mass is 259 g/mol. The lowest BCUT2D eigenvalue weighted by atomic mass is 10.1. The number of piperidine rings is 1. The second-order valence-corrected chi connectivity index (χ2v) is 6.66. The van der Waals surface area contributed by atoms with E-state index in [1.807, 2.05) is 37.4 Å². The number of hydrogen-bond donors (Lipinski definition) is 0. The van der Waals surface area contributed by atoms with Crippen LogP contribution in [0.2, 0.25) is 0 Å². The predicted octanol–water partition coefficient (Wildman–Crippen LogP) is 2.55. The standard InChI is InChI=1S/C13H25NO2S/c1-13(2,3)16-10-7-12(15)14-8-5-11(17-4)6-9-14/h11H,5-10H2,1-4H3. The number of ether oxygens (including phenoxy) is 1. The molecule has 0 aromatic carbocycles. The molecule has 1 heterocycles. The number of carbonyl (C=O) groups is 1. The van der Waals surface area contributed by atoms with Gasteiger partial charge >= 0.3 is 0 Å². The minimum absolute atomic E-state index is 0.147. The molecule has 17 heavy (non-hydrogen) atoms. The van der Waals surface area contributed by atoms with Gasteiger partial charge in [-0.25, -0.2) is 0 Å². The number of thioether (sulfide) groups is 1. The summed E-state index contributed by atoms with van der Waals surface area (Å²) in [7, 11) is 0. The molecule has 0 aliphatic carbocycles. The number of rotatable bonds is 4. The Balaban J connectivity index is 2.21. The molecule has 0 saturated carbocycles. The van der Waals surface area contributed by atoms with Crippen LogP contribution in [0.5, 0.6) is 0 Å². The van der Waals surface area contributed by atoms with Crippen LogP contribution in [0.4, 0.5) is 0 Å². The van der Waals surface area contributed by atoms with Gasteiger partial charge < -0.3 is 9.64 Å². The highest BCUT2D eigenvalue weighted by molar-refractivity contribution is 7.99. The van der Waals surface area contributed by atoms with Gasteiger partial charge in [0.25, 0.3) is 0 Å². The average molecular weight is 259 g/mol. The highest BCUT2D eigenvalue weighted by atomic mass is 32.2. The lowest BCUT2D eigenvalue weighted by Gasteiger charge is -2.31. The SMILES string of the molecule is CSC1CCN(C(=O)CCOC(C)(C)C)CC1. The van der Waals surface area contributed by atoms with Crippen LogP contribution in [0.3, 0.4) is 0 Å². The molecule has 1 aliphatic rings. The maximum Gasteiger partial charge on any atom is 0.224 e. The summed E-state index contributed by atoms with van der Waals surface area (Å²) in [6.07, 6.45) is 4.93. The summed E-state index contributed by atoms with van der Waals surface area (Å²) < 4.78 is 5.58. The molecule has 4 heteroatoms. The maximum absolute atomic E-state index is 11.9. The van der Waals surface area contributed by atoms with Gasteiger partial charge in [0, 0.05) is 18.3 Å². The highest BCUT2D eigenvalue weighted by Gasteiger charge is 2.22. The Morgan fingerprint density at radius 3 is 2.41 bits per heavy atom. The van der Waals surface area contributed by atoms with Crippen molar-refractivity contribution in [2.45, 2.75) is 50.9 Å². The normalized spacial score (nSPS) is 18.5. The molecular formula is C13H25NO2S. The molecule has 0 unspecified atom stereocenters. The molecule has 1 saturated heterocycles. The van der Waals surface area contributed by atoms with Crippen molar-refractivity contribution in [1.82, 2.24) is 4.90 Å². The van der Waals surface area contributed by atoms with Crippen molar-refractivity contribution in [2.75, 3.05) is 26.0 Å². The van der Waals surface area contributed by atoms with Crippen LogP contribution in [-0.2, 0) is 9.53 Å². The molecule has 1 fully saturated rings. The molecule has 0 atom stereocenters. The molecule has 100 valence electrons. The van der Waals surface area contributed by atoms with Gasteiger partial charge in [0.2, 0.25) is 5.91 Å². The Morgan fingerprint density at radius 2 is 1.94 bits per heavy atom. The lowest BCUT2D eigenvalue weighted by Crippen LogP contribution is -2.39. The Morgan fingerprint density at radius 1 is 1.35 bits per heavy atom. The van der Waals surface area contributed by atoms with Gasteiger partial charge in [-0.3, -0.25) is 4.79 Å². The summed E-state index contributed by atoms with van der Waals surface area (Å²) in [5.41, 5.74) is -0.147. The summed E-state index contributed by atoms with van der Waals surface area (Å²) in [4.78, 5) is 13.9. The minimum atomic E-state index is -0.147. The maximum atomic E-state index is 11.9. The number of amides is 1. The Hall–Kier alpha value is -0.220. The second kappa shape index (κ2) is 6.64. The van der Waals surface area contributed by atoms with Crippen LogP contribution in [-0.4, -0.2) is 47.6 Å². The second-order valence-electron chi connectivity index (χ2n) is 5.53. The fourth-order valence-electron chi connectivity index (χ4n) is 1.94. The average Bonchev–Trinajstić information content (AvgIpc) is 2.27. The van der Waals surface area contributed by atoms with Crippen molar-refractivity contribution >= 4 is 17.7 Å². The van der Waals surface area contributed by atoms with E-state index in [9.17, 15) is 4.79 Å². The van der Waals surface area contributed by atoms with Crippen LogP contribution in [0, 0.1) is 0 Å². The third kappa shape index (κ3) is 5.77. The third-order valence-corrected chi connectivity index (χ3v) is 4.12. The first-order valence-corrected chi connectivity index (χ1v) is 7.65. The molecule has 1 amide bonds. The van der Waals surface area contributed by atoms with Crippen molar-refractivity contribution in [3.63, 3.8) is 0 Å². The lowest BCUT2D eigenvalue weighted by molar-refractivity contribution is -0.134. The Labute approximate surface area is 109 Å². The predicted molar refractivity (Wildman–Crippen MR) is 73.4 cm³/mol. The first kappa shape index (κ1) is 14.8. The largest absolute Gasteiger partial charge is 0.375 e. The quantitative estimate of drug-likeness (QED) is 0.777. The molecule has 0 radical (unpaired) electrons. The highest BCUT2D eigenvalue weighted by Crippen LogP contribution is 2.21. The zero-order valence-electron chi connectivity index (χ0n) is 11.5. The molecule has 0 spiro atoms. The fraction of sp³-hybridized carbons (Fsp3) is 0.923. The van der Waals surface area contributed by atoms with Gasteiger partial charge in [-0.05, 0) is 39.9 Å². The molecular weight excluding hydrogens is 234 g/mol. The van der Waals surface area contributed by atoms with E-state index in [-0.39, 0.29) is 11.5 Å². The van der Waals surface area contributed by atoms with Gasteiger partial charge in [0.1, 0.15) is 0 Å². The molecule has 0 aromatic heterocycles. The van der Waals surface area contributed by atoms with Gasteiger partial charge in [-0.1, -0.05) is 0 Å². The van der Waals surface area contributed by atoms with Crippen LogP contribution in [0.1, 0.15) is 40.0 Å². The summed E-state index contributed by atoms with van der Waals surface area (Å²) in [5.74, 6) is 0.244.